The third kappa shape index (κ3) is 5.70. The van der Waals surface area contributed by atoms with Gasteiger partial charge in [-0.3, -0.25) is 9.59 Å². The number of carbonyl (C=O) groups is 2. The van der Waals surface area contributed by atoms with Gasteiger partial charge in [0.1, 0.15) is 5.82 Å². The molecule has 0 spiro atoms. The topological polar surface area (TPSA) is 55.4 Å². The molecule has 0 unspecified atom stereocenters. The second-order valence-electron chi connectivity index (χ2n) is 4.55. The quantitative estimate of drug-likeness (QED) is 0.589. The Kier molecular flexibility index (Phi) is 6.90. The van der Waals surface area contributed by atoms with Gasteiger partial charge in [0, 0.05) is 9.92 Å². The largest absolute Gasteiger partial charge is 0.455 e. The molecular formula is C16H12Cl2FNO3S. The van der Waals surface area contributed by atoms with E-state index < -0.39 is 24.3 Å². The van der Waals surface area contributed by atoms with Crippen LogP contribution in [0.2, 0.25) is 10.0 Å². The standard InChI is InChI=1S/C16H12Cl2FNO3S/c17-10-5-6-13(12(19)7-10)20-15(21)8-23-16(22)9-24-14-4-2-1-3-11(14)18/h1-7H,8-9H2,(H,20,21). The number of ether oxygens (including phenoxy) is 1. The summed E-state index contributed by atoms with van der Waals surface area (Å²) in [6, 6.07) is 10.9. The highest BCUT2D eigenvalue weighted by atomic mass is 35.5. The van der Waals surface area contributed by atoms with Crippen molar-refractivity contribution in [1.29, 1.82) is 0 Å². The molecule has 2 aromatic rings. The van der Waals surface area contributed by atoms with E-state index in [0.717, 1.165) is 11.0 Å². The number of benzene rings is 2. The van der Waals surface area contributed by atoms with E-state index in [4.69, 9.17) is 27.9 Å². The van der Waals surface area contributed by atoms with E-state index in [-0.39, 0.29) is 16.5 Å². The predicted octanol–water partition coefficient (Wildman–Crippen LogP) is 4.41. The minimum absolute atomic E-state index is 0.00627. The Labute approximate surface area is 152 Å². The van der Waals surface area contributed by atoms with Gasteiger partial charge in [-0.2, -0.15) is 0 Å². The minimum atomic E-state index is -0.670. The fourth-order valence-electron chi connectivity index (χ4n) is 1.66. The van der Waals surface area contributed by atoms with Crippen molar-refractivity contribution >= 4 is 52.5 Å². The number of thioether (sulfide) groups is 1. The number of anilines is 1. The van der Waals surface area contributed by atoms with Crippen LogP contribution in [0.1, 0.15) is 0 Å². The first-order valence-electron chi connectivity index (χ1n) is 6.73. The summed E-state index contributed by atoms with van der Waals surface area (Å²) in [6.45, 7) is -0.510. The maximum absolute atomic E-state index is 13.5. The highest BCUT2D eigenvalue weighted by Crippen LogP contribution is 2.26. The summed E-state index contributed by atoms with van der Waals surface area (Å²) >= 11 is 12.8. The summed E-state index contributed by atoms with van der Waals surface area (Å²) in [6.07, 6.45) is 0. The van der Waals surface area contributed by atoms with Crippen LogP contribution in [0.5, 0.6) is 0 Å². The Bertz CT molecular complexity index is 758. The third-order valence-corrected chi connectivity index (χ3v) is 4.48. The van der Waals surface area contributed by atoms with Gasteiger partial charge in [-0.15, -0.1) is 11.8 Å². The van der Waals surface area contributed by atoms with Gasteiger partial charge < -0.3 is 10.1 Å². The first-order valence-corrected chi connectivity index (χ1v) is 8.47. The lowest BCUT2D eigenvalue weighted by molar-refractivity contribution is -0.144. The van der Waals surface area contributed by atoms with Crippen LogP contribution in [0.4, 0.5) is 10.1 Å². The maximum Gasteiger partial charge on any atom is 0.316 e. The van der Waals surface area contributed by atoms with Crippen molar-refractivity contribution in [2.24, 2.45) is 0 Å². The van der Waals surface area contributed by atoms with Crippen LogP contribution in [-0.2, 0) is 14.3 Å². The lowest BCUT2D eigenvalue weighted by atomic mass is 10.3. The summed E-state index contributed by atoms with van der Waals surface area (Å²) in [7, 11) is 0. The fraction of sp³-hybridized carbons (Fsp3) is 0.125. The highest BCUT2D eigenvalue weighted by molar-refractivity contribution is 8.00. The van der Waals surface area contributed by atoms with E-state index in [1.165, 1.54) is 23.9 Å². The normalized spacial score (nSPS) is 10.3. The Morgan fingerprint density at radius 1 is 1.17 bits per heavy atom. The summed E-state index contributed by atoms with van der Waals surface area (Å²) in [4.78, 5) is 24.0. The molecule has 4 nitrogen and oxygen atoms in total. The Balaban J connectivity index is 1.77. The van der Waals surface area contributed by atoms with Gasteiger partial charge in [-0.25, -0.2) is 4.39 Å². The first-order chi connectivity index (χ1) is 11.5. The minimum Gasteiger partial charge on any atom is -0.455 e. The molecule has 0 heterocycles. The second-order valence-corrected chi connectivity index (χ2v) is 6.41. The number of amides is 1. The lowest BCUT2D eigenvalue weighted by Crippen LogP contribution is -2.22. The molecule has 0 aliphatic heterocycles. The highest BCUT2D eigenvalue weighted by Gasteiger charge is 2.11. The summed E-state index contributed by atoms with van der Waals surface area (Å²) in [5.74, 6) is -1.89. The average molecular weight is 388 g/mol. The molecule has 2 aromatic carbocycles. The van der Waals surface area contributed by atoms with E-state index in [0.29, 0.717) is 5.02 Å². The summed E-state index contributed by atoms with van der Waals surface area (Å²) in [5.41, 5.74) is -0.0362. The van der Waals surface area contributed by atoms with Gasteiger partial charge in [0.2, 0.25) is 0 Å². The molecular weight excluding hydrogens is 376 g/mol. The predicted molar refractivity (Wildman–Crippen MR) is 93.2 cm³/mol. The van der Waals surface area contributed by atoms with Gasteiger partial charge in [0.25, 0.3) is 5.91 Å². The lowest BCUT2D eigenvalue weighted by Gasteiger charge is -2.08. The van der Waals surface area contributed by atoms with E-state index >= 15 is 0 Å². The number of halogens is 3. The van der Waals surface area contributed by atoms with Crippen molar-refractivity contribution in [3.8, 4) is 0 Å². The number of hydrogen-bond acceptors (Lipinski definition) is 4. The number of rotatable bonds is 6. The Hall–Kier alpha value is -1.76. The third-order valence-electron chi connectivity index (χ3n) is 2.75. The Morgan fingerprint density at radius 2 is 1.92 bits per heavy atom. The monoisotopic (exact) mass is 387 g/mol. The van der Waals surface area contributed by atoms with Gasteiger partial charge >= 0.3 is 5.97 Å². The molecule has 0 bridgehead atoms. The molecule has 126 valence electrons. The van der Waals surface area contributed by atoms with Crippen molar-refractivity contribution in [2.45, 2.75) is 4.90 Å². The molecule has 0 radical (unpaired) electrons. The van der Waals surface area contributed by atoms with Crippen molar-refractivity contribution < 1.29 is 18.7 Å². The molecule has 0 saturated heterocycles. The number of esters is 1. The van der Waals surface area contributed by atoms with Gasteiger partial charge in [-0.05, 0) is 30.3 Å². The molecule has 0 aliphatic carbocycles. The zero-order valence-corrected chi connectivity index (χ0v) is 14.6. The van der Waals surface area contributed by atoms with Crippen molar-refractivity contribution in [1.82, 2.24) is 0 Å². The van der Waals surface area contributed by atoms with Crippen molar-refractivity contribution in [3.05, 3.63) is 58.3 Å². The molecule has 1 amide bonds. The summed E-state index contributed by atoms with van der Waals surface area (Å²) < 4.78 is 18.4. The second kappa shape index (κ2) is 8.92. The SMILES string of the molecule is O=C(COC(=O)CSc1ccccc1Cl)Nc1ccc(Cl)cc1F. The molecule has 0 saturated carbocycles. The molecule has 2 rings (SSSR count). The molecule has 0 aromatic heterocycles. The van der Waals surface area contributed by atoms with Gasteiger partial charge in [0.05, 0.1) is 16.5 Å². The van der Waals surface area contributed by atoms with Crippen molar-refractivity contribution in [3.63, 3.8) is 0 Å². The molecule has 0 atom stereocenters. The molecule has 0 fully saturated rings. The van der Waals surface area contributed by atoms with Crippen LogP contribution in [0.3, 0.4) is 0 Å². The Morgan fingerprint density at radius 3 is 2.62 bits per heavy atom. The zero-order valence-electron chi connectivity index (χ0n) is 12.2. The first kappa shape index (κ1) is 18.6. The average Bonchev–Trinajstić information content (AvgIpc) is 2.55. The maximum atomic E-state index is 13.5. The molecule has 24 heavy (non-hydrogen) atoms. The molecule has 0 aliphatic rings. The van der Waals surface area contributed by atoms with Crippen LogP contribution in [0, 0.1) is 5.82 Å². The number of carbonyl (C=O) groups excluding carboxylic acids is 2. The van der Waals surface area contributed by atoms with E-state index in [2.05, 4.69) is 5.32 Å². The number of nitrogens with one attached hydrogen (secondary N) is 1. The molecule has 8 heteroatoms. The van der Waals surface area contributed by atoms with Crippen LogP contribution in [0.15, 0.2) is 47.4 Å². The van der Waals surface area contributed by atoms with E-state index in [1.54, 1.807) is 24.3 Å². The van der Waals surface area contributed by atoms with Crippen LogP contribution in [-0.4, -0.2) is 24.2 Å². The van der Waals surface area contributed by atoms with Gasteiger partial charge in [0.15, 0.2) is 6.61 Å². The van der Waals surface area contributed by atoms with Crippen LogP contribution in [0.25, 0.3) is 0 Å². The zero-order chi connectivity index (χ0) is 17.5. The van der Waals surface area contributed by atoms with Crippen LogP contribution < -0.4 is 5.32 Å². The smallest absolute Gasteiger partial charge is 0.316 e. The van der Waals surface area contributed by atoms with E-state index in [1.807, 2.05) is 0 Å². The summed E-state index contributed by atoms with van der Waals surface area (Å²) in [5, 5.41) is 3.05. The van der Waals surface area contributed by atoms with Crippen molar-refractivity contribution in [2.75, 3.05) is 17.7 Å². The van der Waals surface area contributed by atoms with E-state index in [9.17, 15) is 14.0 Å². The fourth-order valence-corrected chi connectivity index (χ4v) is 2.86. The van der Waals surface area contributed by atoms with Crippen LogP contribution >= 0.6 is 35.0 Å². The number of hydrogen-bond donors (Lipinski definition) is 1. The molecule has 1 N–H and O–H groups in total. The van der Waals surface area contributed by atoms with Gasteiger partial charge in [-0.1, -0.05) is 35.3 Å².